The van der Waals surface area contributed by atoms with E-state index in [1.54, 1.807) is 0 Å². The highest BCUT2D eigenvalue weighted by Gasteiger charge is 2.30. The lowest BCUT2D eigenvalue weighted by Crippen LogP contribution is -2.44. The van der Waals surface area contributed by atoms with Crippen LogP contribution in [0.4, 0.5) is 0 Å². The first-order valence-electron chi connectivity index (χ1n) is 5.98. The second kappa shape index (κ2) is 4.97. The second-order valence-electron chi connectivity index (χ2n) is 4.59. The molecule has 0 aromatic carbocycles. The van der Waals surface area contributed by atoms with Crippen molar-refractivity contribution in [3.63, 3.8) is 0 Å². The van der Waals surface area contributed by atoms with Crippen LogP contribution in [0, 0.1) is 18.8 Å². The summed E-state index contributed by atoms with van der Waals surface area (Å²) in [6, 6.07) is 0. The van der Waals surface area contributed by atoms with Crippen molar-refractivity contribution in [3.05, 3.63) is 6.92 Å². The molecule has 1 saturated heterocycles. The number of carbonyl (C=O) groups is 1. The Hall–Kier alpha value is -0.570. The largest absolute Gasteiger partial charge is 0.378 e. The van der Waals surface area contributed by atoms with E-state index < -0.39 is 0 Å². The average Bonchev–Trinajstić information content (AvgIpc) is 2.82. The van der Waals surface area contributed by atoms with E-state index in [-0.39, 0.29) is 11.8 Å². The van der Waals surface area contributed by atoms with Crippen molar-refractivity contribution >= 4 is 5.91 Å². The summed E-state index contributed by atoms with van der Waals surface area (Å²) in [6.45, 7) is 6.93. The van der Waals surface area contributed by atoms with Gasteiger partial charge in [-0.1, -0.05) is 12.8 Å². The Kier molecular flexibility index (Phi) is 3.62. The molecule has 1 amide bonds. The molecule has 0 unspecified atom stereocenters. The second-order valence-corrected chi connectivity index (χ2v) is 4.59. The highest BCUT2D eigenvalue weighted by atomic mass is 16.5. The van der Waals surface area contributed by atoms with Crippen LogP contribution in [0.1, 0.15) is 25.7 Å². The summed E-state index contributed by atoms with van der Waals surface area (Å²) in [4.78, 5) is 14.0. The minimum atomic E-state index is -0.0226. The zero-order valence-corrected chi connectivity index (χ0v) is 9.28. The van der Waals surface area contributed by atoms with Crippen molar-refractivity contribution < 1.29 is 9.53 Å². The molecule has 1 radical (unpaired) electrons. The standard InChI is InChI=1S/C12H20NO2/c1-10(11-4-2-3-5-11)12(14)13-6-8-15-9-7-13/h10-11H,1-9H2/t10-/m0/s1. The summed E-state index contributed by atoms with van der Waals surface area (Å²) in [5.41, 5.74) is 0. The molecular weight excluding hydrogens is 190 g/mol. The van der Waals surface area contributed by atoms with Crippen LogP contribution in [-0.2, 0) is 9.53 Å². The van der Waals surface area contributed by atoms with Crippen LogP contribution in [-0.4, -0.2) is 37.1 Å². The van der Waals surface area contributed by atoms with E-state index in [9.17, 15) is 4.79 Å². The predicted octanol–water partition coefficient (Wildman–Crippen LogP) is 1.49. The molecule has 2 aliphatic rings. The van der Waals surface area contributed by atoms with Gasteiger partial charge in [0.1, 0.15) is 0 Å². The number of rotatable bonds is 2. The molecule has 0 spiro atoms. The maximum atomic E-state index is 12.1. The minimum Gasteiger partial charge on any atom is -0.378 e. The molecule has 3 heteroatoms. The Morgan fingerprint density at radius 1 is 1.27 bits per heavy atom. The molecule has 0 aromatic heterocycles. The maximum absolute atomic E-state index is 12.1. The summed E-state index contributed by atoms with van der Waals surface area (Å²) in [5, 5.41) is 0. The first kappa shape index (κ1) is 10.9. The molecular formula is C12H20NO2. The van der Waals surface area contributed by atoms with E-state index in [1.165, 1.54) is 25.7 Å². The molecule has 0 bridgehead atoms. The Balaban J connectivity index is 1.87. The van der Waals surface area contributed by atoms with E-state index in [0.717, 1.165) is 13.1 Å². The molecule has 1 heterocycles. The Labute approximate surface area is 91.8 Å². The van der Waals surface area contributed by atoms with E-state index >= 15 is 0 Å². The monoisotopic (exact) mass is 210 g/mol. The topological polar surface area (TPSA) is 29.5 Å². The third kappa shape index (κ3) is 2.51. The van der Waals surface area contributed by atoms with Crippen molar-refractivity contribution in [2.75, 3.05) is 26.3 Å². The summed E-state index contributed by atoms with van der Waals surface area (Å²) < 4.78 is 5.24. The lowest BCUT2D eigenvalue weighted by Gasteiger charge is -2.31. The summed E-state index contributed by atoms with van der Waals surface area (Å²) in [7, 11) is 0. The van der Waals surface area contributed by atoms with Gasteiger partial charge in [0.2, 0.25) is 5.91 Å². The molecule has 3 nitrogen and oxygen atoms in total. The van der Waals surface area contributed by atoms with Gasteiger partial charge in [-0.2, -0.15) is 0 Å². The number of hydrogen-bond donors (Lipinski definition) is 0. The maximum Gasteiger partial charge on any atom is 0.226 e. The number of morpholine rings is 1. The van der Waals surface area contributed by atoms with Crippen molar-refractivity contribution in [1.29, 1.82) is 0 Å². The molecule has 15 heavy (non-hydrogen) atoms. The van der Waals surface area contributed by atoms with Gasteiger partial charge in [0.05, 0.1) is 13.2 Å². The molecule has 1 aliphatic heterocycles. The van der Waals surface area contributed by atoms with Crippen molar-refractivity contribution in [1.82, 2.24) is 4.90 Å². The molecule has 0 N–H and O–H groups in total. The SMILES string of the molecule is [CH2][C@H](C(=O)N1CCOCC1)C1CCCC1. The molecule has 1 aliphatic carbocycles. The third-order valence-corrected chi connectivity index (χ3v) is 3.61. The zero-order chi connectivity index (χ0) is 10.7. The van der Waals surface area contributed by atoms with Gasteiger partial charge in [-0.3, -0.25) is 4.79 Å². The average molecular weight is 210 g/mol. The van der Waals surface area contributed by atoms with Gasteiger partial charge >= 0.3 is 0 Å². The van der Waals surface area contributed by atoms with Gasteiger partial charge in [-0.25, -0.2) is 0 Å². The van der Waals surface area contributed by atoms with Crippen LogP contribution in [0.2, 0.25) is 0 Å². The van der Waals surface area contributed by atoms with Crippen molar-refractivity contribution in [2.45, 2.75) is 25.7 Å². The molecule has 1 saturated carbocycles. The minimum absolute atomic E-state index is 0.0226. The predicted molar refractivity (Wildman–Crippen MR) is 58.2 cm³/mol. The fourth-order valence-electron chi connectivity index (χ4n) is 2.58. The lowest BCUT2D eigenvalue weighted by atomic mass is 9.91. The van der Waals surface area contributed by atoms with Gasteiger partial charge in [0.15, 0.2) is 0 Å². The number of amides is 1. The van der Waals surface area contributed by atoms with Crippen molar-refractivity contribution in [2.24, 2.45) is 11.8 Å². The van der Waals surface area contributed by atoms with E-state index in [4.69, 9.17) is 4.74 Å². The Morgan fingerprint density at radius 3 is 2.47 bits per heavy atom. The van der Waals surface area contributed by atoms with E-state index in [2.05, 4.69) is 6.92 Å². The van der Waals surface area contributed by atoms with Crippen LogP contribution in [0.3, 0.4) is 0 Å². The summed E-state index contributed by atoms with van der Waals surface area (Å²) in [6.07, 6.45) is 4.91. The van der Waals surface area contributed by atoms with E-state index in [1.807, 2.05) is 4.90 Å². The van der Waals surface area contributed by atoms with E-state index in [0.29, 0.717) is 19.1 Å². The van der Waals surface area contributed by atoms with Crippen LogP contribution in [0.15, 0.2) is 0 Å². The van der Waals surface area contributed by atoms with Crippen LogP contribution in [0.25, 0.3) is 0 Å². The summed E-state index contributed by atoms with van der Waals surface area (Å²) >= 11 is 0. The fourth-order valence-corrected chi connectivity index (χ4v) is 2.58. The first-order chi connectivity index (χ1) is 7.29. The normalized spacial score (nSPS) is 25.5. The highest BCUT2D eigenvalue weighted by Crippen LogP contribution is 2.32. The Bertz CT molecular complexity index is 218. The smallest absolute Gasteiger partial charge is 0.226 e. The van der Waals surface area contributed by atoms with Gasteiger partial charge in [-0.15, -0.1) is 0 Å². The number of carbonyl (C=O) groups excluding carboxylic acids is 1. The van der Waals surface area contributed by atoms with Crippen LogP contribution in [0.5, 0.6) is 0 Å². The van der Waals surface area contributed by atoms with Gasteiger partial charge in [-0.05, 0) is 25.7 Å². The number of ether oxygens (including phenoxy) is 1. The molecule has 2 fully saturated rings. The highest BCUT2D eigenvalue weighted by molar-refractivity contribution is 5.79. The quantitative estimate of drug-likeness (QED) is 0.691. The van der Waals surface area contributed by atoms with Gasteiger partial charge in [0, 0.05) is 19.0 Å². The van der Waals surface area contributed by atoms with Crippen LogP contribution < -0.4 is 0 Å². The summed E-state index contributed by atoms with van der Waals surface area (Å²) in [5.74, 6) is 0.746. The van der Waals surface area contributed by atoms with Gasteiger partial charge < -0.3 is 9.64 Å². The molecule has 1 atom stereocenters. The van der Waals surface area contributed by atoms with Crippen LogP contribution >= 0.6 is 0 Å². The fraction of sp³-hybridized carbons (Fsp3) is 0.833. The molecule has 0 aromatic rings. The first-order valence-corrected chi connectivity index (χ1v) is 5.98. The lowest BCUT2D eigenvalue weighted by molar-refractivity contribution is -0.139. The third-order valence-electron chi connectivity index (χ3n) is 3.61. The molecule has 2 rings (SSSR count). The number of hydrogen-bond acceptors (Lipinski definition) is 2. The van der Waals surface area contributed by atoms with Gasteiger partial charge in [0.25, 0.3) is 0 Å². The Morgan fingerprint density at radius 2 is 1.87 bits per heavy atom. The zero-order valence-electron chi connectivity index (χ0n) is 9.28. The van der Waals surface area contributed by atoms with Crippen molar-refractivity contribution in [3.8, 4) is 0 Å². The molecule has 85 valence electrons. The number of nitrogens with zero attached hydrogens (tertiary/aromatic N) is 1.